The maximum atomic E-state index is 12.1. The number of ether oxygens (including phenoxy) is 1. The van der Waals surface area contributed by atoms with Crippen LogP contribution >= 0.6 is 11.3 Å². The van der Waals surface area contributed by atoms with E-state index in [1.807, 2.05) is 6.07 Å². The second-order valence-corrected chi connectivity index (χ2v) is 6.37. The van der Waals surface area contributed by atoms with Crippen LogP contribution in [0.1, 0.15) is 46.3 Å². The molecule has 120 valence electrons. The first kappa shape index (κ1) is 16.5. The highest BCUT2D eigenvalue weighted by molar-refractivity contribution is 7.14. The van der Waals surface area contributed by atoms with E-state index in [4.69, 9.17) is 4.74 Å². The van der Waals surface area contributed by atoms with E-state index in [-0.39, 0.29) is 0 Å². The predicted octanol–water partition coefficient (Wildman–Crippen LogP) is 2.02. The molecule has 0 saturated heterocycles. The molecule has 1 aromatic rings. The number of amides is 3. The fourth-order valence-corrected chi connectivity index (χ4v) is 3.45. The summed E-state index contributed by atoms with van der Waals surface area (Å²) in [5, 5.41) is 4.35. The van der Waals surface area contributed by atoms with E-state index >= 15 is 0 Å². The van der Waals surface area contributed by atoms with Crippen molar-refractivity contribution in [3.05, 3.63) is 21.4 Å². The van der Waals surface area contributed by atoms with E-state index in [1.54, 1.807) is 0 Å². The highest BCUT2D eigenvalue weighted by Crippen LogP contribution is 2.29. The van der Waals surface area contributed by atoms with Crippen molar-refractivity contribution >= 4 is 29.2 Å². The quantitative estimate of drug-likeness (QED) is 0.658. The zero-order valence-electron chi connectivity index (χ0n) is 12.7. The SMILES string of the molecule is CNC(=O)NC(=O)[C@@H](C)OC(=O)c1cc2c(s1)CCCCC2. The zero-order chi connectivity index (χ0) is 16.1. The average molecular weight is 324 g/mol. The fourth-order valence-electron chi connectivity index (χ4n) is 2.32. The van der Waals surface area contributed by atoms with Gasteiger partial charge in [0.25, 0.3) is 5.91 Å². The Bertz CT molecular complexity index is 559. The number of rotatable bonds is 3. The third kappa shape index (κ3) is 4.07. The molecule has 1 heterocycles. The number of hydrogen-bond donors (Lipinski definition) is 2. The molecular weight excluding hydrogens is 304 g/mol. The van der Waals surface area contributed by atoms with E-state index in [0.717, 1.165) is 25.7 Å². The minimum atomic E-state index is -1.02. The molecule has 0 aromatic carbocycles. The highest BCUT2D eigenvalue weighted by atomic mass is 32.1. The smallest absolute Gasteiger partial charge is 0.349 e. The first-order valence-corrected chi connectivity index (χ1v) is 8.18. The van der Waals surface area contributed by atoms with Gasteiger partial charge in [-0.1, -0.05) is 6.42 Å². The largest absolute Gasteiger partial charge is 0.448 e. The lowest BCUT2D eigenvalue weighted by atomic mass is 10.1. The van der Waals surface area contributed by atoms with Crippen LogP contribution in [0.25, 0.3) is 0 Å². The van der Waals surface area contributed by atoms with Gasteiger partial charge in [-0.2, -0.15) is 0 Å². The highest BCUT2D eigenvalue weighted by Gasteiger charge is 2.23. The van der Waals surface area contributed by atoms with E-state index in [0.29, 0.717) is 4.88 Å². The van der Waals surface area contributed by atoms with Crippen molar-refractivity contribution in [3.63, 3.8) is 0 Å². The summed E-state index contributed by atoms with van der Waals surface area (Å²) in [5.74, 6) is -1.16. The Morgan fingerprint density at radius 3 is 2.68 bits per heavy atom. The van der Waals surface area contributed by atoms with Crippen molar-refractivity contribution in [2.75, 3.05) is 7.05 Å². The molecule has 1 aliphatic rings. The van der Waals surface area contributed by atoms with Gasteiger partial charge in [0.2, 0.25) is 0 Å². The molecule has 0 spiro atoms. The predicted molar refractivity (Wildman–Crippen MR) is 83.1 cm³/mol. The number of carbonyl (C=O) groups excluding carboxylic acids is 3. The maximum absolute atomic E-state index is 12.1. The summed E-state index contributed by atoms with van der Waals surface area (Å²) in [6, 6.07) is 1.24. The molecule has 2 rings (SSSR count). The van der Waals surface area contributed by atoms with Gasteiger partial charge in [-0.15, -0.1) is 11.3 Å². The van der Waals surface area contributed by atoms with Gasteiger partial charge in [-0.25, -0.2) is 9.59 Å². The normalized spacial score (nSPS) is 15.2. The van der Waals surface area contributed by atoms with Gasteiger partial charge < -0.3 is 10.1 Å². The summed E-state index contributed by atoms with van der Waals surface area (Å²) in [6.45, 7) is 1.44. The zero-order valence-corrected chi connectivity index (χ0v) is 13.5. The minimum Gasteiger partial charge on any atom is -0.448 e. The van der Waals surface area contributed by atoms with Crippen LogP contribution in [-0.4, -0.2) is 31.1 Å². The van der Waals surface area contributed by atoms with Crippen molar-refractivity contribution in [1.82, 2.24) is 10.6 Å². The van der Waals surface area contributed by atoms with Crippen molar-refractivity contribution in [2.45, 2.75) is 45.1 Å². The number of imide groups is 1. The molecule has 3 amide bonds. The number of urea groups is 1. The molecule has 6 nitrogen and oxygen atoms in total. The summed E-state index contributed by atoms with van der Waals surface area (Å²) in [7, 11) is 1.40. The van der Waals surface area contributed by atoms with E-state index in [2.05, 4.69) is 10.6 Å². The standard InChI is InChI=1S/C15H20N2O4S/c1-9(13(18)17-15(20)16-2)21-14(19)12-8-10-6-4-3-5-7-11(10)22-12/h8-9H,3-7H2,1-2H3,(H2,16,17,18,20)/t9-/m1/s1. The topological polar surface area (TPSA) is 84.5 Å². The van der Waals surface area contributed by atoms with Gasteiger partial charge in [0.05, 0.1) is 0 Å². The monoisotopic (exact) mass is 324 g/mol. The molecule has 0 aliphatic heterocycles. The Balaban J connectivity index is 1.97. The summed E-state index contributed by atoms with van der Waals surface area (Å²) in [4.78, 5) is 36.6. The molecular formula is C15H20N2O4S. The first-order chi connectivity index (χ1) is 10.5. The van der Waals surface area contributed by atoms with Crippen molar-refractivity contribution in [1.29, 1.82) is 0 Å². The minimum absolute atomic E-state index is 0.516. The van der Waals surface area contributed by atoms with E-state index in [1.165, 1.54) is 42.2 Å². The van der Waals surface area contributed by atoms with E-state index < -0.39 is 24.0 Å². The number of fused-ring (bicyclic) bond motifs is 1. The lowest BCUT2D eigenvalue weighted by molar-refractivity contribution is -0.127. The van der Waals surface area contributed by atoms with Crippen LogP contribution in [-0.2, 0) is 22.4 Å². The molecule has 22 heavy (non-hydrogen) atoms. The van der Waals surface area contributed by atoms with Gasteiger partial charge in [-0.3, -0.25) is 10.1 Å². The van der Waals surface area contributed by atoms with Crippen LogP contribution in [0.5, 0.6) is 0 Å². The third-order valence-electron chi connectivity index (χ3n) is 3.56. The molecule has 0 saturated carbocycles. The van der Waals surface area contributed by atoms with Gasteiger partial charge in [0.15, 0.2) is 6.10 Å². The van der Waals surface area contributed by atoms with Gasteiger partial charge in [0.1, 0.15) is 4.88 Å². The van der Waals surface area contributed by atoms with E-state index in [9.17, 15) is 14.4 Å². The number of thiophene rings is 1. The van der Waals surface area contributed by atoms with Crippen LogP contribution in [0, 0.1) is 0 Å². The van der Waals surface area contributed by atoms with Crippen LogP contribution < -0.4 is 10.6 Å². The fraction of sp³-hybridized carbons (Fsp3) is 0.533. The van der Waals surface area contributed by atoms with Crippen LogP contribution in [0.15, 0.2) is 6.07 Å². The average Bonchev–Trinajstić information content (AvgIpc) is 2.78. The Hall–Kier alpha value is -1.89. The van der Waals surface area contributed by atoms with Crippen LogP contribution in [0.3, 0.4) is 0 Å². The Morgan fingerprint density at radius 1 is 1.23 bits per heavy atom. The molecule has 2 N–H and O–H groups in total. The number of aryl methyl sites for hydroxylation is 2. The molecule has 1 aromatic heterocycles. The Kier molecular flexibility index (Phi) is 5.54. The maximum Gasteiger partial charge on any atom is 0.349 e. The third-order valence-corrected chi connectivity index (χ3v) is 4.78. The molecule has 1 aliphatic carbocycles. The summed E-state index contributed by atoms with van der Waals surface area (Å²) < 4.78 is 5.13. The molecule has 0 unspecified atom stereocenters. The van der Waals surface area contributed by atoms with Gasteiger partial charge in [0, 0.05) is 11.9 Å². The lowest BCUT2D eigenvalue weighted by Gasteiger charge is -2.11. The molecule has 7 heteroatoms. The molecule has 1 atom stereocenters. The summed E-state index contributed by atoms with van der Waals surface area (Å²) in [6.07, 6.45) is 4.48. The summed E-state index contributed by atoms with van der Waals surface area (Å²) in [5.41, 5.74) is 1.22. The van der Waals surface area contributed by atoms with Crippen molar-refractivity contribution in [3.8, 4) is 0 Å². The Morgan fingerprint density at radius 2 is 1.95 bits per heavy atom. The van der Waals surface area contributed by atoms with Crippen molar-refractivity contribution in [2.24, 2.45) is 0 Å². The second-order valence-electron chi connectivity index (χ2n) is 5.24. The number of nitrogens with one attached hydrogen (secondary N) is 2. The summed E-state index contributed by atoms with van der Waals surface area (Å²) >= 11 is 1.44. The molecule has 0 fully saturated rings. The van der Waals surface area contributed by atoms with Gasteiger partial charge in [-0.05, 0) is 44.2 Å². The van der Waals surface area contributed by atoms with Crippen LogP contribution in [0.4, 0.5) is 4.79 Å². The van der Waals surface area contributed by atoms with Gasteiger partial charge >= 0.3 is 12.0 Å². The number of esters is 1. The Labute approximate surface area is 133 Å². The first-order valence-electron chi connectivity index (χ1n) is 7.36. The molecule has 0 radical (unpaired) electrons. The van der Waals surface area contributed by atoms with Crippen molar-refractivity contribution < 1.29 is 19.1 Å². The van der Waals surface area contributed by atoms with Crippen LogP contribution in [0.2, 0.25) is 0 Å². The lowest BCUT2D eigenvalue weighted by Crippen LogP contribution is -2.43. The second kappa shape index (κ2) is 7.40. The number of hydrogen-bond acceptors (Lipinski definition) is 5. The molecule has 0 bridgehead atoms. The number of carbonyl (C=O) groups is 3.